The largest absolute Gasteiger partial charge is 0.465 e. The third-order valence-electron chi connectivity index (χ3n) is 4.11. The monoisotopic (exact) mass is 312 g/mol. The molecule has 2 aromatic rings. The molecule has 1 saturated heterocycles. The van der Waals surface area contributed by atoms with Gasteiger partial charge < -0.3 is 9.63 Å². The van der Waals surface area contributed by atoms with Gasteiger partial charge in [0.15, 0.2) is 0 Å². The van der Waals surface area contributed by atoms with Crippen LogP contribution in [0.4, 0.5) is 4.79 Å². The van der Waals surface area contributed by atoms with E-state index in [0.717, 1.165) is 12.8 Å². The molecule has 2 heterocycles. The summed E-state index contributed by atoms with van der Waals surface area (Å²) in [4.78, 5) is 17.2. The molecule has 118 valence electrons. The number of piperidine rings is 1. The molecular weight excluding hydrogens is 296 g/mol. The third-order valence-corrected chi connectivity index (χ3v) is 4.11. The topological polar surface area (TPSA) is 103 Å². The highest BCUT2D eigenvalue weighted by Gasteiger charge is 2.36. The fourth-order valence-electron chi connectivity index (χ4n) is 2.97. The van der Waals surface area contributed by atoms with Crippen molar-refractivity contribution in [1.82, 2.24) is 15.0 Å². The SMILES string of the molecule is CC1CCCC(c2nc(-c3cccc(C#N)c3)no2)N1C(=O)O. The first kappa shape index (κ1) is 15.0. The van der Waals surface area contributed by atoms with Crippen LogP contribution in [0, 0.1) is 11.3 Å². The molecular formula is C16H16N4O3. The van der Waals surface area contributed by atoms with Crippen molar-refractivity contribution in [3.05, 3.63) is 35.7 Å². The number of likely N-dealkylation sites (tertiary alicyclic amines) is 1. The Morgan fingerprint density at radius 2 is 2.30 bits per heavy atom. The van der Waals surface area contributed by atoms with E-state index in [1.165, 1.54) is 4.90 Å². The van der Waals surface area contributed by atoms with Crippen LogP contribution in [0.3, 0.4) is 0 Å². The zero-order valence-corrected chi connectivity index (χ0v) is 12.6. The maximum atomic E-state index is 11.5. The van der Waals surface area contributed by atoms with Gasteiger partial charge in [0.1, 0.15) is 6.04 Å². The molecule has 0 bridgehead atoms. The van der Waals surface area contributed by atoms with Gasteiger partial charge in [0.05, 0.1) is 11.6 Å². The lowest BCUT2D eigenvalue weighted by Crippen LogP contribution is -2.43. The Balaban J connectivity index is 1.91. The van der Waals surface area contributed by atoms with Crippen molar-refractivity contribution < 1.29 is 14.4 Å². The van der Waals surface area contributed by atoms with Crippen LogP contribution in [0.5, 0.6) is 0 Å². The zero-order chi connectivity index (χ0) is 16.4. The van der Waals surface area contributed by atoms with Crippen molar-refractivity contribution in [2.24, 2.45) is 0 Å². The normalized spacial score (nSPS) is 21.0. The number of nitriles is 1. The molecule has 2 atom stereocenters. The molecule has 2 unspecified atom stereocenters. The van der Waals surface area contributed by atoms with Crippen molar-refractivity contribution in [2.45, 2.75) is 38.3 Å². The molecule has 1 fully saturated rings. The number of aromatic nitrogens is 2. The van der Waals surface area contributed by atoms with Gasteiger partial charge in [0, 0.05) is 11.6 Å². The van der Waals surface area contributed by atoms with E-state index in [4.69, 9.17) is 9.78 Å². The summed E-state index contributed by atoms with van der Waals surface area (Å²) in [7, 11) is 0. The number of nitrogens with zero attached hydrogens (tertiary/aromatic N) is 4. The summed E-state index contributed by atoms with van der Waals surface area (Å²) in [5.41, 5.74) is 1.18. The Labute approximate surface area is 133 Å². The van der Waals surface area contributed by atoms with E-state index in [2.05, 4.69) is 16.2 Å². The summed E-state index contributed by atoms with van der Waals surface area (Å²) in [6.07, 6.45) is 1.43. The van der Waals surface area contributed by atoms with Gasteiger partial charge in [0.2, 0.25) is 11.7 Å². The van der Waals surface area contributed by atoms with Gasteiger partial charge in [-0.25, -0.2) is 4.79 Å². The van der Waals surface area contributed by atoms with Gasteiger partial charge in [-0.2, -0.15) is 10.2 Å². The van der Waals surface area contributed by atoms with Gasteiger partial charge in [0.25, 0.3) is 0 Å². The van der Waals surface area contributed by atoms with Crippen molar-refractivity contribution in [3.8, 4) is 17.5 Å². The summed E-state index contributed by atoms with van der Waals surface area (Å²) in [5.74, 6) is 0.664. The predicted molar refractivity (Wildman–Crippen MR) is 80.4 cm³/mol. The van der Waals surface area contributed by atoms with E-state index in [1.54, 1.807) is 24.3 Å². The second-order valence-electron chi connectivity index (χ2n) is 5.63. The first-order valence-electron chi connectivity index (χ1n) is 7.45. The van der Waals surface area contributed by atoms with Crippen molar-refractivity contribution in [3.63, 3.8) is 0 Å². The Bertz CT molecular complexity index is 765. The molecule has 23 heavy (non-hydrogen) atoms. The summed E-state index contributed by atoms with van der Waals surface area (Å²) in [6, 6.07) is 8.46. The standard InChI is InChI=1S/C16H16N4O3/c1-10-4-2-7-13(20(10)16(21)22)15-18-14(19-23-15)12-6-3-5-11(8-12)9-17/h3,5-6,8,10,13H,2,4,7H2,1H3,(H,21,22). The van der Waals surface area contributed by atoms with E-state index in [1.807, 2.05) is 6.92 Å². The second-order valence-corrected chi connectivity index (χ2v) is 5.63. The molecule has 1 aromatic carbocycles. The van der Waals surface area contributed by atoms with Crippen LogP contribution in [-0.4, -0.2) is 32.3 Å². The minimum absolute atomic E-state index is 0.0801. The number of carbonyl (C=O) groups is 1. The molecule has 7 nitrogen and oxygen atoms in total. The van der Waals surface area contributed by atoms with Crippen molar-refractivity contribution >= 4 is 6.09 Å². The minimum Gasteiger partial charge on any atom is -0.465 e. The summed E-state index contributed by atoms with van der Waals surface area (Å²) in [6.45, 7) is 1.88. The highest BCUT2D eigenvalue weighted by molar-refractivity contribution is 5.66. The molecule has 1 aromatic heterocycles. The molecule has 1 aliphatic heterocycles. The molecule has 0 saturated carbocycles. The quantitative estimate of drug-likeness (QED) is 0.913. The molecule has 1 aliphatic rings. The first-order valence-corrected chi connectivity index (χ1v) is 7.45. The number of amides is 1. The van der Waals surface area contributed by atoms with Gasteiger partial charge >= 0.3 is 6.09 Å². The second kappa shape index (κ2) is 6.08. The molecule has 0 spiro atoms. The van der Waals surface area contributed by atoms with Crippen molar-refractivity contribution in [1.29, 1.82) is 5.26 Å². The Morgan fingerprint density at radius 1 is 1.48 bits per heavy atom. The van der Waals surface area contributed by atoms with Gasteiger partial charge in [-0.3, -0.25) is 4.90 Å². The Kier molecular flexibility index (Phi) is 3.98. The van der Waals surface area contributed by atoms with Crippen LogP contribution < -0.4 is 0 Å². The molecule has 0 aliphatic carbocycles. The lowest BCUT2D eigenvalue weighted by molar-refractivity contribution is 0.0639. The molecule has 0 radical (unpaired) electrons. The average molecular weight is 312 g/mol. The average Bonchev–Trinajstić information content (AvgIpc) is 3.04. The van der Waals surface area contributed by atoms with Crippen LogP contribution in [0.25, 0.3) is 11.4 Å². The summed E-state index contributed by atoms with van der Waals surface area (Å²) >= 11 is 0. The van der Waals surface area contributed by atoms with E-state index >= 15 is 0 Å². The predicted octanol–water partition coefficient (Wildman–Crippen LogP) is 3.20. The molecule has 7 heteroatoms. The molecule has 3 rings (SSSR count). The number of benzene rings is 1. The van der Waals surface area contributed by atoms with Crippen LogP contribution in [-0.2, 0) is 0 Å². The third kappa shape index (κ3) is 2.88. The van der Waals surface area contributed by atoms with E-state index in [0.29, 0.717) is 29.3 Å². The van der Waals surface area contributed by atoms with Crippen LogP contribution in [0.2, 0.25) is 0 Å². The lowest BCUT2D eigenvalue weighted by atomic mass is 9.97. The van der Waals surface area contributed by atoms with Crippen LogP contribution in [0.15, 0.2) is 28.8 Å². The van der Waals surface area contributed by atoms with Gasteiger partial charge in [-0.15, -0.1) is 0 Å². The summed E-state index contributed by atoms with van der Waals surface area (Å²) in [5, 5.41) is 22.3. The fourth-order valence-corrected chi connectivity index (χ4v) is 2.97. The van der Waals surface area contributed by atoms with Crippen LogP contribution in [0.1, 0.15) is 43.7 Å². The summed E-state index contributed by atoms with van der Waals surface area (Å²) < 4.78 is 5.31. The molecule has 1 N–H and O–H groups in total. The highest BCUT2D eigenvalue weighted by atomic mass is 16.5. The fraction of sp³-hybridized carbons (Fsp3) is 0.375. The first-order chi connectivity index (χ1) is 11.1. The number of rotatable bonds is 2. The number of hydrogen-bond acceptors (Lipinski definition) is 5. The maximum absolute atomic E-state index is 11.5. The Hall–Kier alpha value is -2.88. The van der Waals surface area contributed by atoms with Gasteiger partial charge in [-0.1, -0.05) is 17.3 Å². The number of hydrogen-bond donors (Lipinski definition) is 1. The minimum atomic E-state index is -0.978. The van der Waals surface area contributed by atoms with Crippen molar-refractivity contribution in [2.75, 3.05) is 0 Å². The lowest BCUT2D eigenvalue weighted by Gasteiger charge is -2.36. The zero-order valence-electron chi connectivity index (χ0n) is 12.6. The number of carboxylic acid groups (broad SMARTS) is 1. The Morgan fingerprint density at radius 3 is 3.04 bits per heavy atom. The highest BCUT2D eigenvalue weighted by Crippen LogP contribution is 2.34. The smallest absolute Gasteiger partial charge is 0.408 e. The maximum Gasteiger partial charge on any atom is 0.408 e. The van der Waals surface area contributed by atoms with E-state index < -0.39 is 12.1 Å². The molecule has 1 amide bonds. The van der Waals surface area contributed by atoms with E-state index in [-0.39, 0.29) is 6.04 Å². The van der Waals surface area contributed by atoms with E-state index in [9.17, 15) is 9.90 Å². The van der Waals surface area contributed by atoms with Crippen LogP contribution >= 0.6 is 0 Å². The van der Waals surface area contributed by atoms with Gasteiger partial charge in [-0.05, 0) is 38.3 Å².